The lowest BCUT2D eigenvalue weighted by molar-refractivity contribution is -0.166. The van der Waals surface area contributed by atoms with Crippen LogP contribution in [-0.4, -0.2) is 12.3 Å². The SMILES string of the molecule is CC12CC3CC(C)(C1)CC(C(=O)CN)(C3)C2. The minimum Gasteiger partial charge on any atom is -0.324 e. The molecule has 16 heavy (non-hydrogen) atoms. The second-order valence-corrected chi connectivity index (χ2v) is 7.54. The molecule has 2 heteroatoms. The Labute approximate surface area is 98.0 Å². The lowest BCUT2D eigenvalue weighted by atomic mass is 9.39. The molecular formula is C14H23NO. The monoisotopic (exact) mass is 221 g/mol. The van der Waals surface area contributed by atoms with Gasteiger partial charge in [0.25, 0.3) is 0 Å². The Balaban J connectivity index is 2.01. The van der Waals surface area contributed by atoms with Crippen LogP contribution in [0.5, 0.6) is 0 Å². The maximum atomic E-state index is 12.2. The molecule has 4 saturated carbocycles. The summed E-state index contributed by atoms with van der Waals surface area (Å²) in [7, 11) is 0. The average Bonchev–Trinajstić information content (AvgIpc) is 2.10. The van der Waals surface area contributed by atoms with Crippen LogP contribution in [0.3, 0.4) is 0 Å². The van der Waals surface area contributed by atoms with Gasteiger partial charge in [0.05, 0.1) is 6.54 Å². The van der Waals surface area contributed by atoms with E-state index in [0.717, 1.165) is 25.2 Å². The molecule has 2 N–H and O–H groups in total. The fourth-order valence-electron chi connectivity index (χ4n) is 5.98. The summed E-state index contributed by atoms with van der Waals surface area (Å²) in [5.74, 6) is 1.14. The van der Waals surface area contributed by atoms with Gasteiger partial charge in [-0.25, -0.2) is 0 Å². The van der Waals surface area contributed by atoms with Crippen LogP contribution in [0.1, 0.15) is 52.4 Å². The summed E-state index contributed by atoms with van der Waals surface area (Å²) in [6, 6.07) is 0. The van der Waals surface area contributed by atoms with Crippen molar-refractivity contribution in [2.75, 3.05) is 6.54 Å². The molecule has 2 unspecified atom stereocenters. The molecule has 4 aliphatic carbocycles. The fraction of sp³-hybridized carbons (Fsp3) is 0.929. The Morgan fingerprint density at radius 1 is 1.12 bits per heavy atom. The van der Waals surface area contributed by atoms with Crippen molar-refractivity contribution in [1.29, 1.82) is 0 Å². The molecule has 0 spiro atoms. The van der Waals surface area contributed by atoms with Gasteiger partial charge in [0.15, 0.2) is 5.78 Å². The van der Waals surface area contributed by atoms with E-state index in [1.807, 2.05) is 0 Å². The summed E-state index contributed by atoms with van der Waals surface area (Å²) >= 11 is 0. The molecule has 0 aliphatic heterocycles. The zero-order valence-electron chi connectivity index (χ0n) is 10.5. The molecule has 4 aliphatic rings. The first kappa shape index (κ1) is 10.8. The van der Waals surface area contributed by atoms with Crippen molar-refractivity contribution in [1.82, 2.24) is 0 Å². The van der Waals surface area contributed by atoms with Gasteiger partial charge >= 0.3 is 0 Å². The summed E-state index contributed by atoms with van der Waals surface area (Å²) < 4.78 is 0. The standard InChI is InChI=1S/C14H23NO/c1-12-3-10-4-13(2,7-12)9-14(5-10,8-12)11(16)6-15/h10H,3-9,15H2,1-2H3. The van der Waals surface area contributed by atoms with Gasteiger partial charge in [0.1, 0.15) is 0 Å². The van der Waals surface area contributed by atoms with E-state index in [2.05, 4.69) is 13.8 Å². The lowest BCUT2D eigenvalue weighted by Gasteiger charge is -2.64. The third kappa shape index (κ3) is 1.32. The van der Waals surface area contributed by atoms with E-state index in [4.69, 9.17) is 5.73 Å². The minimum absolute atomic E-state index is 0.0301. The van der Waals surface area contributed by atoms with Crippen LogP contribution in [0.25, 0.3) is 0 Å². The molecule has 4 fully saturated rings. The van der Waals surface area contributed by atoms with Crippen LogP contribution in [0.15, 0.2) is 0 Å². The topological polar surface area (TPSA) is 43.1 Å². The zero-order valence-corrected chi connectivity index (χ0v) is 10.5. The number of carbonyl (C=O) groups is 1. The first-order valence-electron chi connectivity index (χ1n) is 6.62. The largest absolute Gasteiger partial charge is 0.324 e. The first-order chi connectivity index (χ1) is 7.39. The maximum absolute atomic E-state index is 12.2. The normalized spacial score (nSPS) is 54.3. The van der Waals surface area contributed by atoms with E-state index in [1.54, 1.807) is 0 Å². The van der Waals surface area contributed by atoms with Crippen LogP contribution in [0.4, 0.5) is 0 Å². The molecule has 90 valence electrons. The Bertz CT molecular complexity index is 331. The number of hydrogen-bond acceptors (Lipinski definition) is 2. The van der Waals surface area contributed by atoms with Crippen molar-refractivity contribution in [2.45, 2.75) is 52.4 Å². The van der Waals surface area contributed by atoms with Gasteiger partial charge < -0.3 is 5.73 Å². The van der Waals surface area contributed by atoms with E-state index >= 15 is 0 Å². The molecule has 4 rings (SSSR count). The number of rotatable bonds is 2. The molecule has 0 amide bonds. The van der Waals surface area contributed by atoms with Crippen LogP contribution in [-0.2, 0) is 4.79 Å². The van der Waals surface area contributed by atoms with Crippen molar-refractivity contribution in [3.63, 3.8) is 0 Å². The van der Waals surface area contributed by atoms with Gasteiger partial charge in [-0.1, -0.05) is 13.8 Å². The molecule has 0 saturated heterocycles. The van der Waals surface area contributed by atoms with Gasteiger partial charge in [0, 0.05) is 5.41 Å². The first-order valence-corrected chi connectivity index (χ1v) is 6.62. The van der Waals surface area contributed by atoms with Crippen LogP contribution >= 0.6 is 0 Å². The van der Waals surface area contributed by atoms with Crippen LogP contribution in [0, 0.1) is 22.2 Å². The second-order valence-electron chi connectivity index (χ2n) is 7.54. The Kier molecular flexibility index (Phi) is 1.95. The molecule has 0 aromatic carbocycles. The molecule has 2 nitrogen and oxygen atoms in total. The summed E-state index contributed by atoms with van der Waals surface area (Å²) in [6.07, 6.45) is 7.39. The number of ketones is 1. The molecule has 0 aromatic heterocycles. The predicted molar refractivity (Wildman–Crippen MR) is 63.9 cm³/mol. The Morgan fingerprint density at radius 3 is 2.12 bits per heavy atom. The van der Waals surface area contributed by atoms with E-state index < -0.39 is 0 Å². The molecule has 0 radical (unpaired) electrons. The number of carbonyl (C=O) groups excluding carboxylic acids is 1. The van der Waals surface area contributed by atoms with E-state index in [1.165, 1.54) is 19.3 Å². The van der Waals surface area contributed by atoms with Gasteiger partial charge in [-0.3, -0.25) is 4.79 Å². The summed E-state index contributed by atoms with van der Waals surface area (Å²) in [6.45, 7) is 5.04. The molecular weight excluding hydrogens is 198 g/mol. The van der Waals surface area contributed by atoms with Gasteiger partial charge in [-0.05, 0) is 55.3 Å². The average molecular weight is 221 g/mol. The minimum atomic E-state index is -0.0301. The third-order valence-electron chi connectivity index (χ3n) is 5.40. The van der Waals surface area contributed by atoms with Crippen molar-refractivity contribution in [3.8, 4) is 0 Å². The van der Waals surface area contributed by atoms with Crippen molar-refractivity contribution >= 4 is 5.78 Å². The summed E-state index contributed by atoms with van der Waals surface area (Å²) in [4.78, 5) is 12.2. The fourth-order valence-corrected chi connectivity index (χ4v) is 5.98. The summed E-state index contributed by atoms with van der Waals surface area (Å²) in [5, 5.41) is 0. The third-order valence-corrected chi connectivity index (χ3v) is 5.40. The van der Waals surface area contributed by atoms with Gasteiger partial charge in [-0.2, -0.15) is 0 Å². The quantitative estimate of drug-likeness (QED) is 0.778. The Morgan fingerprint density at radius 2 is 1.69 bits per heavy atom. The zero-order chi connectivity index (χ0) is 11.6. The van der Waals surface area contributed by atoms with E-state index in [0.29, 0.717) is 16.6 Å². The van der Waals surface area contributed by atoms with Crippen molar-refractivity contribution in [3.05, 3.63) is 0 Å². The van der Waals surface area contributed by atoms with Crippen molar-refractivity contribution < 1.29 is 4.79 Å². The number of Topliss-reactive ketones (excluding diaryl/α,β-unsaturated/α-hetero) is 1. The molecule has 2 atom stereocenters. The Hall–Kier alpha value is -0.370. The number of hydrogen-bond donors (Lipinski definition) is 1. The highest BCUT2D eigenvalue weighted by Gasteiger charge is 2.62. The van der Waals surface area contributed by atoms with E-state index in [9.17, 15) is 4.79 Å². The highest BCUT2D eigenvalue weighted by molar-refractivity contribution is 5.87. The predicted octanol–water partition coefficient (Wildman–Crippen LogP) is 2.51. The summed E-state index contributed by atoms with van der Waals surface area (Å²) in [5.41, 5.74) is 6.46. The molecule has 4 bridgehead atoms. The second kappa shape index (κ2) is 2.90. The lowest BCUT2D eigenvalue weighted by Crippen LogP contribution is -2.58. The maximum Gasteiger partial charge on any atom is 0.152 e. The van der Waals surface area contributed by atoms with Crippen LogP contribution in [0.2, 0.25) is 0 Å². The van der Waals surface area contributed by atoms with Gasteiger partial charge in [0.2, 0.25) is 0 Å². The van der Waals surface area contributed by atoms with Crippen molar-refractivity contribution in [2.24, 2.45) is 27.9 Å². The van der Waals surface area contributed by atoms with Crippen LogP contribution < -0.4 is 5.73 Å². The smallest absolute Gasteiger partial charge is 0.152 e. The van der Waals surface area contributed by atoms with Gasteiger partial charge in [-0.15, -0.1) is 0 Å². The molecule has 0 aromatic rings. The number of nitrogens with two attached hydrogens (primary N) is 1. The highest BCUT2D eigenvalue weighted by Crippen LogP contribution is 2.69. The molecule has 0 heterocycles. The highest BCUT2D eigenvalue weighted by atomic mass is 16.1. The van der Waals surface area contributed by atoms with E-state index in [-0.39, 0.29) is 12.0 Å².